The Hall–Kier alpha value is -2.67. The van der Waals surface area contributed by atoms with Gasteiger partial charge in [-0.1, -0.05) is 6.07 Å². The zero-order valence-electron chi connectivity index (χ0n) is 15.8. The zero-order valence-corrected chi connectivity index (χ0v) is 15.8. The highest BCUT2D eigenvalue weighted by Crippen LogP contribution is 2.19. The quantitative estimate of drug-likeness (QED) is 0.813. The molecular weight excluding hydrogens is 340 g/mol. The van der Waals surface area contributed by atoms with E-state index < -0.39 is 0 Å². The van der Waals surface area contributed by atoms with Crippen molar-refractivity contribution in [3.63, 3.8) is 0 Å². The number of hydrogen-bond acceptors (Lipinski definition) is 6. The number of amides is 1. The molecule has 0 bridgehead atoms. The Kier molecular flexibility index (Phi) is 5.20. The minimum absolute atomic E-state index is 0.110. The lowest BCUT2D eigenvalue weighted by molar-refractivity contribution is 0.0664. The maximum absolute atomic E-state index is 12.8. The summed E-state index contributed by atoms with van der Waals surface area (Å²) in [5.74, 6) is 2.01. The minimum Gasteiger partial charge on any atom is -0.353 e. The van der Waals surface area contributed by atoms with Crippen LogP contribution in [0.3, 0.4) is 0 Å². The molecule has 2 aliphatic heterocycles. The van der Waals surface area contributed by atoms with Gasteiger partial charge in [-0.2, -0.15) is 0 Å². The van der Waals surface area contributed by atoms with E-state index in [1.165, 1.54) is 0 Å². The third-order valence-electron chi connectivity index (χ3n) is 5.36. The number of anilines is 2. The van der Waals surface area contributed by atoms with Crippen molar-refractivity contribution >= 4 is 17.5 Å². The molecule has 2 saturated heterocycles. The largest absolute Gasteiger partial charge is 0.353 e. The van der Waals surface area contributed by atoms with Gasteiger partial charge in [0.25, 0.3) is 5.91 Å². The molecule has 0 atom stereocenters. The summed E-state index contributed by atoms with van der Waals surface area (Å²) < 4.78 is 0. The second kappa shape index (κ2) is 7.92. The van der Waals surface area contributed by atoms with Gasteiger partial charge in [-0.25, -0.2) is 9.97 Å². The fraction of sp³-hybridized carbons (Fsp3) is 0.450. The standard InChI is InChI=1S/C20H26N6O/c1-23-8-10-26(11-9-23)20(27)17-5-7-22-19(16-17)25-14-12-24(13-15-25)18-4-2-3-6-21-18/h2-7,16H,8-15H2,1H3. The van der Waals surface area contributed by atoms with Crippen LogP contribution in [0.2, 0.25) is 0 Å². The van der Waals surface area contributed by atoms with Crippen molar-refractivity contribution in [1.29, 1.82) is 0 Å². The number of hydrogen-bond donors (Lipinski definition) is 0. The summed E-state index contributed by atoms with van der Waals surface area (Å²) in [6, 6.07) is 9.77. The van der Waals surface area contributed by atoms with Crippen LogP contribution in [0.25, 0.3) is 0 Å². The Balaban J connectivity index is 1.40. The van der Waals surface area contributed by atoms with Crippen molar-refractivity contribution in [2.75, 3.05) is 69.2 Å². The van der Waals surface area contributed by atoms with E-state index in [4.69, 9.17) is 0 Å². The molecule has 0 radical (unpaired) electrons. The molecule has 27 heavy (non-hydrogen) atoms. The van der Waals surface area contributed by atoms with E-state index in [0.29, 0.717) is 0 Å². The molecule has 4 rings (SSSR count). The molecule has 0 N–H and O–H groups in total. The van der Waals surface area contributed by atoms with Crippen molar-refractivity contribution in [3.8, 4) is 0 Å². The summed E-state index contributed by atoms with van der Waals surface area (Å²) in [4.78, 5) is 30.5. The number of rotatable bonds is 3. The normalized spacial score (nSPS) is 18.6. The molecule has 0 aromatic carbocycles. The molecule has 2 aromatic rings. The van der Waals surface area contributed by atoms with Crippen LogP contribution in [0.4, 0.5) is 11.6 Å². The van der Waals surface area contributed by atoms with Crippen LogP contribution in [0.1, 0.15) is 10.4 Å². The molecule has 0 saturated carbocycles. The molecular formula is C20H26N6O. The third kappa shape index (κ3) is 4.03. The van der Waals surface area contributed by atoms with Gasteiger partial charge in [-0.3, -0.25) is 4.79 Å². The molecule has 2 aromatic heterocycles. The first-order chi connectivity index (χ1) is 13.2. The van der Waals surface area contributed by atoms with E-state index in [1.54, 1.807) is 6.20 Å². The van der Waals surface area contributed by atoms with E-state index in [-0.39, 0.29) is 5.91 Å². The van der Waals surface area contributed by atoms with Gasteiger partial charge in [0.05, 0.1) is 0 Å². The second-order valence-electron chi connectivity index (χ2n) is 7.16. The van der Waals surface area contributed by atoms with Crippen molar-refractivity contribution in [2.24, 2.45) is 0 Å². The molecule has 2 aliphatic rings. The van der Waals surface area contributed by atoms with Crippen LogP contribution in [0.5, 0.6) is 0 Å². The van der Waals surface area contributed by atoms with Gasteiger partial charge in [-0.05, 0) is 31.3 Å². The highest BCUT2D eigenvalue weighted by molar-refractivity contribution is 5.95. The number of carbonyl (C=O) groups is 1. The topological polar surface area (TPSA) is 55.8 Å². The summed E-state index contributed by atoms with van der Waals surface area (Å²) in [5.41, 5.74) is 0.733. The SMILES string of the molecule is CN1CCN(C(=O)c2ccnc(N3CCN(c4ccccn4)CC3)c2)CC1. The number of pyridine rings is 2. The smallest absolute Gasteiger partial charge is 0.254 e. The van der Waals surface area contributed by atoms with Gasteiger partial charge in [0.15, 0.2) is 0 Å². The van der Waals surface area contributed by atoms with Crippen LogP contribution < -0.4 is 9.80 Å². The van der Waals surface area contributed by atoms with Gasteiger partial charge in [0.1, 0.15) is 11.6 Å². The van der Waals surface area contributed by atoms with Crippen LogP contribution in [0.15, 0.2) is 42.7 Å². The Bertz CT molecular complexity index is 767. The number of piperazine rings is 2. The van der Waals surface area contributed by atoms with Crippen LogP contribution >= 0.6 is 0 Å². The number of carbonyl (C=O) groups excluding carboxylic acids is 1. The fourth-order valence-electron chi connectivity index (χ4n) is 3.62. The van der Waals surface area contributed by atoms with Crippen molar-refractivity contribution in [3.05, 3.63) is 48.3 Å². The second-order valence-corrected chi connectivity index (χ2v) is 7.16. The lowest BCUT2D eigenvalue weighted by atomic mass is 10.2. The number of likely N-dealkylation sites (N-methyl/N-ethyl adjacent to an activating group) is 1. The van der Waals surface area contributed by atoms with E-state index in [2.05, 4.69) is 31.7 Å². The highest BCUT2D eigenvalue weighted by atomic mass is 16.2. The molecule has 0 spiro atoms. The number of aromatic nitrogens is 2. The summed E-state index contributed by atoms with van der Waals surface area (Å²) in [5, 5.41) is 0. The van der Waals surface area contributed by atoms with Gasteiger partial charge < -0.3 is 19.6 Å². The minimum atomic E-state index is 0.110. The monoisotopic (exact) mass is 366 g/mol. The predicted molar refractivity (Wildman–Crippen MR) is 106 cm³/mol. The van der Waals surface area contributed by atoms with E-state index in [1.807, 2.05) is 41.4 Å². The van der Waals surface area contributed by atoms with Gasteiger partial charge in [0.2, 0.25) is 0 Å². The lowest BCUT2D eigenvalue weighted by Gasteiger charge is -2.36. The molecule has 7 nitrogen and oxygen atoms in total. The predicted octanol–water partition coefficient (Wildman–Crippen LogP) is 1.19. The fourth-order valence-corrected chi connectivity index (χ4v) is 3.62. The maximum atomic E-state index is 12.8. The van der Waals surface area contributed by atoms with Crippen LogP contribution in [-0.4, -0.2) is 85.1 Å². The molecule has 4 heterocycles. The third-order valence-corrected chi connectivity index (χ3v) is 5.36. The molecule has 0 aliphatic carbocycles. The summed E-state index contributed by atoms with van der Waals surface area (Å²) >= 11 is 0. The van der Waals surface area contributed by atoms with Crippen LogP contribution in [0, 0.1) is 0 Å². The van der Waals surface area contributed by atoms with Gasteiger partial charge in [-0.15, -0.1) is 0 Å². The van der Waals surface area contributed by atoms with E-state index in [0.717, 1.165) is 69.6 Å². The Morgan fingerprint density at radius 3 is 2.15 bits per heavy atom. The first-order valence-corrected chi connectivity index (χ1v) is 9.55. The Morgan fingerprint density at radius 2 is 1.48 bits per heavy atom. The van der Waals surface area contributed by atoms with Gasteiger partial charge in [0, 0.05) is 70.3 Å². The first-order valence-electron chi connectivity index (χ1n) is 9.55. The van der Waals surface area contributed by atoms with E-state index >= 15 is 0 Å². The molecule has 7 heteroatoms. The Morgan fingerprint density at radius 1 is 0.815 bits per heavy atom. The number of nitrogens with zero attached hydrogens (tertiary/aromatic N) is 6. The van der Waals surface area contributed by atoms with Crippen molar-refractivity contribution in [2.45, 2.75) is 0 Å². The van der Waals surface area contributed by atoms with Crippen molar-refractivity contribution in [1.82, 2.24) is 19.8 Å². The summed E-state index contributed by atoms with van der Waals surface area (Å²) in [6.45, 7) is 6.97. The average Bonchev–Trinajstić information content (AvgIpc) is 2.75. The summed E-state index contributed by atoms with van der Waals surface area (Å²) in [7, 11) is 2.09. The molecule has 142 valence electrons. The van der Waals surface area contributed by atoms with Crippen molar-refractivity contribution < 1.29 is 4.79 Å². The maximum Gasteiger partial charge on any atom is 0.254 e. The Labute approximate surface area is 160 Å². The lowest BCUT2D eigenvalue weighted by Crippen LogP contribution is -2.48. The van der Waals surface area contributed by atoms with Gasteiger partial charge >= 0.3 is 0 Å². The first kappa shape index (κ1) is 17.7. The highest BCUT2D eigenvalue weighted by Gasteiger charge is 2.23. The molecule has 0 unspecified atom stereocenters. The molecule has 1 amide bonds. The average molecular weight is 366 g/mol. The van der Waals surface area contributed by atoms with Crippen LogP contribution in [-0.2, 0) is 0 Å². The summed E-state index contributed by atoms with van der Waals surface area (Å²) in [6.07, 6.45) is 3.58. The molecule has 2 fully saturated rings. The zero-order chi connectivity index (χ0) is 18.6. The van der Waals surface area contributed by atoms with E-state index in [9.17, 15) is 4.79 Å².